The van der Waals surface area contributed by atoms with Gasteiger partial charge in [-0.2, -0.15) is 4.99 Å². The SMILES string of the molecule is CC1(C)C(=O)Nc2cc(NC3=N[N+]4(c5ccc(S(C)(=O)=O)cc5)C=CN=CC4=N3)ccc21. The predicted molar refractivity (Wildman–Crippen MR) is 126 cm³/mol. The number of sulfone groups is 1. The van der Waals surface area contributed by atoms with E-state index < -0.39 is 15.3 Å². The number of amides is 1. The largest absolute Gasteiger partial charge is 0.325 e. The number of benzene rings is 2. The molecule has 3 heterocycles. The van der Waals surface area contributed by atoms with E-state index in [4.69, 9.17) is 5.10 Å². The van der Waals surface area contributed by atoms with E-state index in [2.05, 4.69) is 20.6 Å². The third-order valence-corrected chi connectivity index (χ3v) is 6.93. The first-order chi connectivity index (χ1) is 15.1. The summed E-state index contributed by atoms with van der Waals surface area (Å²) < 4.78 is 23.6. The molecule has 1 atom stereocenters. The Morgan fingerprint density at radius 2 is 1.84 bits per heavy atom. The highest BCUT2D eigenvalue weighted by atomic mass is 32.2. The first-order valence-electron chi connectivity index (χ1n) is 9.92. The minimum atomic E-state index is -3.30. The van der Waals surface area contributed by atoms with Gasteiger partial charge in [0, 0.05) is 29.8 Å². The van der Waals surface area contributed by atoms with Crippen LogP contribution in [0.2, 0.25) is 0 Å². The second-order valence-corrected chi connectivity index (χ2v) is 10.4. The summed E-state index contributed by atoms with van der Waals surface area (Å²) in [5.74, 6) is 0.898. The Balaban J connectivity index is 1.49. The molecular weight excluding hydrogens is 428 g/mol. The molecule has 0 fully saturated rings. The van der Waals surface area contributed by atoms with Crippen LogP contribution >= 0.6 is 0 Å². The first kappa shape index (κ1) is 20.3. The molecule has 5 rings (SSSR count). The Kier molecular flexibility index (Phi) is 4.24. The van der Waals surface area contributed by atoms with Crippen LogP contribution < -0.4 is 15.2 Å². The van der Waals surface area contributed by atoms with Crippen LogP contribution in [0.5, 0.6) is 0 Å². The van der Waals surface area contributed by atoms with Gasteiger partial charge in [-0.15, -0.1) is 0 Å². The van der Waals surface area contributed by atoms with Crippen LogP contribution in [0, 0.1) is 0 Å². The summed E-state index contributed by atoms with van der Waals surface area (Å²) >= 11 is 0. The molecule has 1 amide bonds. The molecule has 0 aromatic heterocycles. The fraction of sp³-hybridized carbons (Fsp3) is 0.182. The lowest BCUT2D eigenvalue weighted by molar-refractivity contribution is -0.119. The second-order valence-electron chi connectivity index (χ2n) is 8.39. The van der Waals surface area contributed by atoms with Crippen molar-refractivity contribution in [2.45, 2.75) is 24.2 Å². The van der Waals surface area contributed by atoms with Crippen molar-refractivity contribution < 1.29 is 13.2 Å². The van der Waals surface area contributed by atoms with Gasteiger partial charge < -0.3 is 10.6 Å². The number of nitrogens with zero attached hydrogens (tertiary/aromatic N) is 4. The van der Waals surface area contributed by atoms with Crippen LogP contribution in [0.1, 0.15) is 19.4 Å². The third-order valence-electron chi connectivity index (χ3n) is 5.80. The van der Waals surface area contributed by atoms with Crippen LogP contribution in [0.3, 0.4) is 0 Å². The summed E-state index contributed by atoms with van der Waals surface area (Å²) in [6, 6.07) is 12.2. The number of aliphatic imine (C=N–C) groups is 2. The monoisotopic (exact) mass is 449 g/mol. The average molecular weight is 450 g/mol. The van der Waals surface area contributed by atoms with Crippen LogP contribution in [-0.4, -0.2) is 38.6 Å². The normalized spacial score (nSPS) is 22.7. The number of nitrogens with one attached hydrogen (secondary N) is 2. The van der Waals surface area contributed by atoms with Crippen LogP contribution in [0.15, 0.2) is 74.8 Å². The fourth-order valence-electron chi connectivity index (χ4n) is 3.93. The summed E-state index contributed by atoms with van der Waals surface area (Å²) in [6.07, 6.45) is 6.19. The molecule has 2 aromatic carbocycles. The standard InChI is InChI=1S/C22H20N6O3S/c1-22(2)17-9-4-14(12-18(17)25-20(22)29)24-21-26-19-13-23-10-11-28(19,27-21)15-5-7-16(8-6-15)32(3,30)31/h4-13H,1-3H3,(H-,24,25,27,29)/p+1. The fourth-order valence-corrected chi connectivity index (χ4v) is 4.56. The van der Waals surface area contributed by atoms with E-state index >= 15 is 0 Å². The zero-order valence-electron chi connectivity index (χ0n) is 17.7. The number of carbonyl (C=O) groups is 1. The predicted octanol–water partition coefficient (Wildman–Crippen LogP) is 2.98. The number of amidine groups is 1. The van der Waals surface area contributed by atoms with Gasteiger partial charge in [0.15, 0.2) is 21.7 Å². The third kappa shape index (κ3) is 3.07. The highest BCUT2D eigenvalue weighted by Crippen LogP contribution is 2.39. The van der Waals surface area contributed by atoms with Crippen LogP contribution in [0.25, 0.3) is 0 Å². The van der Waals surface area contributed by atoms with Crippen molar-refractivity contribution in [2.24, 2.45) is 15.1 Å². The minimum Gasteiger partial charge on any atom is -0.325 e. The Morgan fingerprint density at radius 1 is 1.09 bits per heavy atom. The summed E-state index contributed by atoms with van der Waals surface area (Å²) in [5, 5.41) is 10.9. The highest BCUT2D eigenvalue weighted by Gasteiger charge is 2.43. The number of quaternary nitrogens is 1. The van der Waals surface area contributed by atoms with Crippen molar-refractivity contribution in [2.75, 3.05) is 16.9 Å². The van der Waals surface area contributed by atoms with Gasteiger partial charge >= 0.3 is 0 Å². The minimum absolute atomic E-state index is 0.0383. The van der Waals surface area contributed by atoms with Crippen LogP contribution in [-0.2, 0) is 20.0 Å². The van der Waals surface area contributed by atoms with Gasteiger partial charge in [-0.25, -0.2) is 8.42 Å². The molecule has 0 aliphatic carbocycles. The molecule has 0 radical (unpaired) electrons. The number of carbonyl (C=O) groups excluding carboxylic acids is 1. The van der Waals surface area contributed by atoms with Crippen molar-refractivity contribution in [3.63, 3.8) is 0 Å². The van der Waals surface area contributed by atoms with Crippen molar-refractivity contribution in [1.29, 1.82) is 0 Å². The topological polar surface area (TPSA) is 112 Å². The maximum Gasteiger partial charge on any atom is 0.287 e. The molecule has 162 valence electrons. The van der Waals surface area contributed by atoms with Crippen LogP contribution in [0.4, 0.5) is 17.1 Å². The lowest BCUT2D eigenvalue weighted by atomic mass is 9.86. The van der Waals surface area contributed by atoms with Gasteiger partial charge in [0.25, 0.3) is 11.8 Å². The quantitative estimate of drug-likeness (QED) is 0.702. The van der Waals surface area contributed by atoms with E-state index in [0.29, 0.717) is 11.8 Å². The van der Waals surface area contributed by atoms with Gasteiger partial charge in [-0.1, -0.05) is 10.7 Å². The van der Waals surface area contributed by atoms with Crippen molar-refractivity contribution in [3.8, 4) is 0 Å². The molecule has 0 saturated heterocycles. The molecule has 3 aliphatic rings. The van der Waals surface area contributed by atoms with Gasteiger partial charge in [0.1, 0.15) is 6.21 Å². The molecule has 3 aliphatic heterocycles. The highest BCUT2D eigenvalue weighted by molar-refractivity contribution is 7.90. The van der Waals surface area contributed by atoms with Crippen molar-refractivity contribution >= 4 is 50.8 Å². The molecular formula is C22H21N6O3S+. The summed E-state index contributed by atoms with van der Waals surface area (Å²) in [7, 11) is -3.30. The molecule has 0 saturated carbocycles. The van der Waals surface area contributed by atoms with E-state index in [1.807, 2.05) is 32.0 Å². The number of anilines is 2. The van der Waals surface area contributed by atoms with E-state index in [9.17, 15) is 13.2 Å². The Bertz CT molecular complexity index is 1390. The Hall–Kier alpha value is -3.63. The van der Waals surface area contributed by atoms with E-state index in [-0.39, 0.29) is 15.4 Å². The van der Waals surface area contributed by atoms with E-state index in [1.165, 1.54) is 6.26 Å². The molecule has 2 N–H and O–H groups in total. The molecule has 32 heavy (non-hydrogen) atoms. The van der Waals surface area contributed by atoms with Gasteiger partial charge in [0.05, 0.1) is 16.5 Å². The summed E-state index contributed by atoms with van der Waals surface area (Å²) in [5.41, 5.74) is 2.58. The molecule has 2 aromatic rings. The van der Waals surface area contributed by atoms with Crippen molar-refractivity contribution in [1.82, 2.24) is 4.59 Å². The zero-order chi connectivity index (χ0) is 22.7. The number of fused-ring (bicyclic) bond motifs is 2. The molecule has 9 nitrogen and oxygen atoms in total. The smallest absolute Gasteiger partial charge is 0.287 e. The van der Waals surface area contributed by atoms with E-state index in [0.717, 1.165) is 22.6 Å². The van der Waals surface area contributed by atoms with E-state index in [1.54, 1.807) is 42.9 Å². The molecule has 0 spiro atoms. The maximum atomic E-state index is 12.2. The van der Waals surface area contributed by atoms with Gasteiger partial charge in [-0.05, 0) is 48.8 Å². The van der Waals surface area contributed by atoms with Crippen molar-refractivity contribution in [3.05, 3.63) is 60.4 Å². The Labute approximate surface area is 185 Å². The Morgan fingerprint density at radius 3 is 2.56 bits per heavy atom. The number of hydrogen-bond acceptors (Lipinski definition) is 7. The molecule has 1 unspecified atom stereocenters. The maximum absolute atomic E-state index is 12.2. The zero-order valence-corrected chi connectivity index (χ0v) is 18.5. The number of rotatable bonds is 3. The van der Waals surface area contributed by atoms with Gasteiger partial charge in [-0.3, -0.25) is 9.79 Å². The lowest BCUT2D eigenvalue weighted by Crippen LogP contribution is -2.44. The molecule has 0 bridgehead atoms. The van der Waals surface area contributed by atoms with Gasteiger partial charge in [0.2, 0.25) is 5.91 Å². The lowest BCUT2D eigenvalue weighted by Gasteiger charge is -2.23. The average Bonchev–Trinajstić information content (AvgIpc) is 3.22. The number of hydrogen-bond donors (Lipinski definition) is 2. The second kappa shape index (κ2) is 6.68. The molecule has 10 heteroatoms. The first-order valence-corrected chi connectivity index (χ1v) is 11.8. The summed E-state index contributed by atoms with van der Waals surface area (Å²) in [4.78, 5) is 21.2. The summed E-state index contributed by atoms with van der Waals surface area (Å²) in [6.45, 7) is 3.78. The number of guanidine groups is 1.